The van der Waals surface area contributed by atoms with E-state index in [0.717, 1.165) is 5.56 Å². The minimum Gasteiger partial charge on any atom is -1.00 e. The van der Waals surface area contributed by atoms with Crippen LogP contribution in [0.4, 0.5) is 0 Å². The molecule has 0 saturated carbocycles. The van der Waals surface area contributed by atoms with Gasteiger partial charge in [-0.15, -0.1) is 0 Å². The summed E-state index contributed by atoms with van der Waals surface area (Å²) in [5, 5.41) is 12.9. The first kappa shape index (κ1) is 17.7. The monoisotopic (exact) mass is 349 g/mol. The molecular formula is C16H16ClN3O4. The molecular weight excluding hydrogens is 334 g/mol. The summed E-state index contributed by atoms with van der Waals surface area (Å²) in [6, 6.07) is 8.82. The van der Waals surface area contributed by atoms with E-state index in [4.69, 9.17) is 14.6 Å². The molecule has 1 amide bonds. The third-order valence-electron chi connectivity index (χ3n) is 3.25. The number of fused-ring (bicyclic) bond motifs is 1. The number of halogens is 1. The van der Waals surface area contributed by atoms with Gasteiger partial charge in [-0.3, -0.25) is 4.79 Å². The topological polar surface area (TPSA) is 84.0 Å². The molecule has 0 fully saturated rings. The van der Waals surface area contributed by atoms with Crippen LogP contribution in [0.15, 0.2) is 47.8 Å². The van der Waals surface area contributed by atoms with Crippen molar-refractivity contribution in [2.24, 2.45) is 5.10 Å². The summed E-state index contributed by atoms with van der Waals surface area (Å²) in [7, 11) is 0. The molecule has 1 aromatic heterocycles. The maximum Gasteiger partial charge on any atom is 0.277 e. The van der Waals surface area contributed by atoms with Gasteiger partial charge in [0.15, 0.2) is 30.4 Å². The van der Waals surface area contributed by atoms with E-state index in [1.165, 1.54) is 6.21 Å². The lowest BCUT2D eigenvalue weighted by Gasteiger charge is -2.00. The zero-order valence-electron chi connectivity index (χ0n) is 12.7. The first-order valence-electron chi connectivity index (χ1n) is 7.09. The van der Waals surface area contributed by atoms with Crippen molar-refractivity contribution >= 4 is 12.1 Å². The average Bonchev–Trinajstić information content (AvgIpc) is 3.03. The molecule has 24 heavy (non-hydrogen) atoms. The van der Waals surface area contributed by atoms with Crippen molar-refractivity contribution in [1.82, 2.24) is 5.43 Å². The Morgan fingerprint density at radius 2 is 2.17 bits per heavy atom. The molecule has 1 aromatic carbocycles. The number of nitrogens with one attached hydrogen (secondary N) is 1. The molecule has 7 nitrogen and oxygen atoms in total. The third-order valence-corrected chi connectivity index (χ3v) is 3.25. The molecule has 0 atom stereocenters. The number of aliphatic hydroxyl groups excluding tert-OH is 1. The van der Waals surface area contributed by atoms with E-state index in [-0.39, 0.29) is 31.7 Å². The molecule has 2 heterocycles. The van der Waals surface area contributed by atoms with Gasteiger partial charge in [0.25, 0.3) is 5.91 Å². The number of hydrazone groups is 1. The van der Waals surface area contributed by atoms with Gasteiger partial charge in [-0.05, 0) is 29.8 Å². The Labute approximate surface area is 144 Å². The number of amides is 1. The highest BCUT2D eigenvalue weighted by atomic mass is 35.5. The Balaban J connectivity index is 0.00000208. The summed E-state index contributed by atoms with van der Waals surface area (Å²) >= 11 is 0. The highest BCUT2D eigenvalue weighted by Gasteiger charge is 2.13. The first-order valence-corrected chi connectivity index (χ1v) is 7.09. The van der Waals surface area contributed by atoms with Crippen LogP contribution in [0.3, 0.4) is 0 Å². The lowest BCUT2D eigenvalue weighted by molar-refractivity contribution is -0.698. The summed E-state index contributed by atoms with van der Waals surface area (Å²) in [5.74, 6) is 1.03. The van der Waals surface area contributed by atoms with Crippen LogP contribution >= 0.6 is 0 Å². The summed E-state index contributed by atoms with van der Waals surface area (Å²) in [5.41, 5.74) is 3.72. The molecule has 0 saturated heterocycles. The summed E-state index contributed by atoms with van der Waals surface area (Å²) < 4.78 is 12.2. The number of hydrogen-bond donors (Lipinski definition) is 2. The Morgan fingerprint density at radius 1 is 1.33 bits per heavy atom. The highest BCUT2D eigenvalue weighted by molar-refractivity contribution is 5.94. The second-order valence-corrected chi connectivity index (χ2v) is 4.87. The van der Waals surface area contributed by atoms with Gasteiger partial charge < -0.3 is 27.0 Å². The molecule has 126 valence electrons. The first-order chi connectivity index (χ1) is 11.3. The number of rotatable bonds is 5. The molecule has 8 heteroatoms. The predicted octanol–water partition coefficient (Wildman–Crippen LogP) is -2.54. The van der Waals surface area contributed by atoms with Gasteiger partial charge in [0, 0.05) is 6.07 Å². The summed E-state index contributed by atoms with van der Waals surface area (Å²) in [6.45, 7) is 0.661. The number of hydrogen-bond acceptors (Lipinski definition) is 5. The van der Waals surface area contributed by atoms with Crippen LogP contribution in [0.1, 0.15) is 15.9 Å². The summed E-state index contributed by atoms with van der Waals surface area (Å²) in [6.07, 6.45) is 4.97. The second kappa shape index (κ2) is 8.28. The van der Waals surface area contributed by atoms with E-state index in [9.17, 15) is 4.79 Å². The van der Waals surface area contributed by atoms with E-state index in [1.54, 1.807) is 41.2 Å². The Morgan fingerprint density at radius 3 is 3.00 bits per heavy atom. The lowest BCUT2D eigenvalue weighted by atomic mass is 10.2. The number of aliphatic hydroxyl groups is 1. The van der Waals surface area contributed by atoms with Gasteiger partial charge in [-0.2, -0.15) is 5.10 Å². The van der Waals surface area contributed by atoms with Crippen LogP contribution in [0.25, 0.3) is 0 Å². The molecule has 3 rings (SSSR count). The molecule has 0 radical (unpaired) electrons. The van der Waals surface area contributed by atoms with Crippen LogP contribution in [0.2, 0.25) is 0 Å². The number of ether oxygens (including phenoxy) is 2. The van der Waals surface area contributed by atoms with Gasteiger partial charge in [0.05, 0.1) is 6.21 Å². The second-order valence-electron chi connectivity index (χ2n) is 4.87. The van der Waals surface area contributed by atoms with Gasteiger partial charge in [-0.25, -0.2) is 9.99 Å². The van der Waals surface area contributed by atoms with Gasteiger partial charge in [0.2, 0.25) is 6.79 Å². The Kier molecular flexibility index (Phi) is 6.11. The third kappa shape index (κ3) is 4.21. The van der Waals surface area contributed by atoms with Crippen LogP contribution < -0.4 is 31.9 Å². The lowest BCUT2D eigenvalue weighted by Crippen LogP contribution is -3.00. The van der Waals surface area contributed by atoms with Crippen molar-refractivity contribution in [1.29, 1.82) is 0 Å². The van der Waals surface area contributed by atoms with Crippen LogP contribution in [-0.2, 0) is 6.54 Å². The smallest absolute Gasteiger partial charge is 0.277 e. The Bertz CT molecular complexity index is 752. The fourth-order valence-electron chi connectivity index (χ4n) is 2.13. The molecule has 2 N–H and O–H groups in total. The average molecular weight is 350 g/mol. The van der Waals surface area contributed by atoms with Crippen molar-refractivity contribution in [3.05, 3.63) is 53.9 Å². The van der Waals surface area contributed by atoms with E-state index in [2.05, 4.69) is 10.5 Å². The van der Waals surface area contributed by atoms with Gasteiger partial charge in [-0.1, -0.05) is 0 Å². The van der Waals surface area contributed by atoms with Crippen LogP contribution in [-0.4, -0.2) is 30.6 Å². The van der Waals surface area contributed by atoms with Crippen LogP contribution in [0, 0.1) is 0 Å². The van der Waals surface area contributed by atoms with Gasteiger partial charge >= 0.3 is 0 Å². The minimum atomic E-state index is -0.325. The number of carbonyl (C=O) groups excluding carboxylic acids is 1. The molecule has 0 unspecified atom stereocenters. The molecule has 0 aliphatic carbocycles. The minimum absolute atomic E-state index is 0. The maximum atomic E-state index is 12.0. The number of pyridine rings is 1. The van der Waals surface area contributed by atoms with Crippen LogP contribution in [0.5, 0.6) is 11.5 Å². The van der Waals surface area contributed by atoms with E-state index < -0.39 is 0 Å². The number of carbonyl (C=O) groups is 1. The van der Waals surface area contributed by atoms with Crippen molar-refractivity contribution in [3.63, 3.8) is 0 Å². The molecule has 1 aliphatic rings. The van der Waals surface area contributed by atoms with E-state index in [0.29, 0.717) is 23.6 Å². The molecule has 1 aliphatic heterocycles. The van der Waals surface area contributed by atoms with Gasteiger partial charge in [0.1, 0.15) is 12.2 Å². The Hall–Kier alpha value is -2.64. The fourth-order valence-corrected chi connectivity index (χ4v) is 2.13. The number of nitrogens with zero attached hydrogens (tertiary/aromatic N) is 2. The molecule has 2 aromatic rings. The quantitative estimate of drug-likeness (QED) is 0.354. The molecule has 0 bridgehead atoms. The van der Waals surface area contributed by atoms with Crippen molar-refractivity contribution in [3.8, 4) is 11.5 Å². The van der Waals surface area contributed by atoms with Crippen molar-refractivity contribution in [2.45, 2.75) is 6.54 Å². The van der Waals surface area contributed by atoms with E-state index >= 15 is 0 Å². The molecule has 0 spiro atoms. The normalized spacial score (nSPS) is 12.0. The van der Waals surface area contributed by atoms with E-state index in [1.807, 2.05) is 6.07 Å². The standard InChI is InChI=1S/C16H15N3O4.ClH/c20-7-6-19-5-1-2-13(10-19)16(21)18-17-9-12-3-4-14-15(8-12)23-11-22-14;/h1-5,8-10,20H,6-7,11H2;1H/b17-9+;. The highest BCUT2D eigenvalue weighted by Crippen LogP contribution is 2.31. The predicted molar refractivity (Wildman–Crippen MR) is 81.3 cm³/mol. The van der Waals surface area contributed by atoms with Crippen molar-refractivity contribution in [2.75, 3.05) is 13.4 Å². The van der Waals surface area contributed by atoms with Crippen molar-refractivity contribution < 1.29 is 36.3 Å². The maximum absolute atomic E-state index is 12.0. The fraction of sp³-hybridized carbons (Fsp3) is 0.188. The zero-order valence-corrected chi connectivity index (χ0v) is 13.4. The summed E-state index contributed by atoms with van der Waals surface area (Å²) in [4.78, 5) is 12.0. The number of aromatic nitrogens is 1. The number of benzene rings is 1. The SMILES string of the molecule is O=C(N/N=C/c1ccc2c(c1)OCO2)c1ccc[n+](CCO)c1.[Cl-]. The largest absolute Gasteiger partial charge is 1.00 e. The zero-order chi connectivity index (χ0) is 16.1.